The second kappa shape index (κ2) is 10.7. The van der Waals surface area contributed by atoms with Crippen molar-refractivity contribution in [2.45, 2.75) is 38.5 Å². The molecule has 0 unspecified atom stereocenters. The van der Waals surface area contributed by atoms with E-state index >= 15 is 8.78 Å². The number of benzene rings is 3. The molecule has 1 aliphatic carbocycles. The van der Waals surface area contributed by atoms with Gasteiger partial charge in [0.1, 0.15) is 11.5 Å². The molecular formula is C29H30F2O3. The zero-order chi connectivity index (χ0) is 24.0. The van der Waals surface area contributed by atoms with E-state index in [1.54, 1.807) is 24.3 Å². The summed E-state index contributed by atoms with van der Waals surface area (Å²) >= 11 is 0. The maximum atomic E-state index is 15.4. The molecule has 0 saturated heterocycles. The number of rotatable bonds is 12. The third-order valence-corrected chi connectivity index (χ3v) is 5.97. The molecule has 178 valence electrons. The van der Waals surface area contributed by atoms with E-state index in [1.807, 2.05) is 30.3 Å². The van der Waals surface area contributed by atoms with Crippen LogP contribution in [0.4, 0.5) is 8.78 Å². The number of alkyl halides is 2. The molecule has 3 nitrogen and oxygen atoms in total. The predicted octanol–water partition coefficient (Wildman–Crippen LogP) is 7.97. The van der Waals surface area contributed by atoms with Gasteiger partial charge in [0, 0.05) is 17.5 Å². The fraction of sp³-hybridized carbons (Fsp3) is 0.310. The third-order valence-electron chi connectivity index (χ3n) is 5.97. The Morgan fingerprint density at radius 2 is 1.35 bits per heavy atom. The van der Waals surface area contributed by atoms with E-state index < -0.39 is 5.92 Å². The minimum Gasteiger partial charge on any atom is -0.502 e. The largest absolute Gasteiger partial charge is 0.502 e. The maximum absolute atomic E-state index is 15.4. The SMILES string of the molecule is C=COCCCOc1ccc(-c2ccc3c(c2)C(F)(F)c2cc(OCCCCC)ccc2-3)cc1. The molecule has 0 atom stereocenters. The van der Waals surface area contributed by atoms with Gasteiger partial charge >= 0.3 is 0 Å². The van der Waals surface area contributed by atoms with Crippen LogP contribution >= 0.6 is 0 Å². The fourth-order valence-corrected chi connectivity index (χ4v) is 4.17. The highest BCUT2D eigenvalue weighted by Crippen LogP contribution is 2.52. The third kappa shape index (κ3) is 5.09. The molecule has 0 N–H and O–H groups in total. The number of hydrogen-bond donors (Lipinski definition) is 0. The zero-order valence-corrected chi connectivity index (χ0v) is 19.5. The van der Waals surface area contributed by atoms with Gasteiger partial charge in [-0.1, -0.05) is 56.7 Å². The smallest absolute Gasteiger partial charge is 0.299 e. The van der Waals surface area contributed by atoms with Gasteiger partial charge in [-0.3, -0.25) is 0 Å². The maximum Gasteiger partial charge on any atom is 0.299 e. The lowest BCUT2D eigenvalue weighted by atomic mass is 9.98. The Labute approximate surface area is 200 Å². The summed E-state index contributed by atoms with van der Waals surface area (Å²) in [4.78, 5) is 0. The van der Waals surface area contributed by atoms with Gasteiger partial charge in [-0.15, -0.1) is 0 Å². The molecule has 34 heavy (non-hydrogen) atoms. The van der Waals surface area contributed by atoms with E-state index in [0.717, 1.165) is 42.6 Å². The second-order valence-corrected chi connectivity index (χ2v) is 8.36. The van der Waals surface area contributed by atoms with Gasteiger partial charge in [-0.2, -0.15) is 8.78 Å². The number of hydrogen-bond acceptors (Lipinski definition) is 3. The molecule has 0 heterocycles. The van der Waals surface area contributed by atoms with Crippen molar-refractivity contribution in [3.8, 4) is 33.8 Å². The predicted molar refractivity (Wildman–Crippen MR) is 132 cm³/mol. The molecule has 1 aliphatic rings. The van der Waals surface area contributed by atoms with Crippen LogP contribution in [0.5, 0.6) is 11.5 Å². The first-order valence-electron chi connectivity index (χ1n) is 11.8. The lowest BCUT2D eigenvalue weighted by Crippen LogP contribution is -2.11. The zero-order valence-electron chi connectivity index (χ0n) is 19.5. The van der Waals surface area contributed by atoms with E-state index in [1.165, 1.54) is 12.3 Å². The quantitative estimate of drug-likeness (QED) is 0.201. The lowest BCUT2D eigenvalue weighted by molar-refractivity contribution is 0.0477. The Bertz CT molecular complexity index is 1120. The summed E-state index contributed by atoms with van der Waals surface area (Å²) < 4.78 is 47.4. The van der Waals surface area contributed by atoms with Crippen molar-refractivity contribution in [2.24, 2.45) is 0 Å². The lowest BCUT2D eigenvalue weighted by Gasteiger charge is -2.14. The van der Waals surface area contributed by atoms with E-state index in [0.29, 0.717) is 36.7 Å². The van der Waals surface area contributed by atoms with Crippen LogP contribution in [0, 0.1) is 0 Å². The van der Waals surface area contributed by atoms with E-state index in [4.69, 9.17) is 14.2 Å². The number of ether oxygens (including phenoxy) is 3. The summed E-state index contributed by atoms with van der Waals surface area (Å²) in [6.45, 7) is 7.24. The molecule has 0 aliphatic heterocycles. The van der Waals surface area contributed by atoms with Gasteiger partial charge in [-0.05, 0) is 59.0 Å². The molecule has 0 spiro atoms. The second-order valence-electron chi connectivity index (χ2n) is 8.36. The van der Waals surface area contributed by atoms with Crippen LogP contribution in [0.1, 0.15) is 43.7 Å². The van der Waals surface area contributed by atoms with Gasteiger partial charge in [-0.25, -0.2) is 0 Å². The molecule has 5 heteroatoms. The summed E-state index contributed by atoms with van der Waals surface area (Å²) in [7, 11) is 0. The van der Waals surface area contributed by atoms with E-state index in [2.05, 4.69) is 13.5 Å². The average Bonchev–Trinajstić information content (AvgIpc) is 3.08. The minimum absolute atomic E-state index is 0.0109. The van der Waals surface area contributed by atoms with Crippen molar-refractivity contribution < 1.29 is 23.0 Å². The van der Waals surface area contributed by atoms with Crippen molar-refractivity contribution in [3.05, 3.63) is 84.6 Å². The average molecular weight is 465 g/mol. The summed E-state index contributed by atoms with van der Waals surface area (Å²) in [5.74, 6) is -1.85. The Hall–Kier alpha value is -3.34. The molecule has 0 amide bonds. The van der Waals surface area contributed by atoms with Gasteiger partial charge in [0.05, 0.1) is 26.1 Å². The van der Waals surface area contributed by atoms with Crippen LogP contribution in [-0.4, -0.2) is 19.8 Å². The molecule has 3 aromatic rings. The number of halogens is 2. The fourth-order valence-electron chi connectivity index (χ4n) is 4.17. The molecule has 0 bridgehead atoms. The topological polar surface area (TPSA) is 27.7 Å². The van der Waals surface area contributed by atoms with Crippen LogP contribution in [-0.2, 0) is 10.7 Å². The molecule has 4 rings (SSSR count). The summed E-state index contributed by atoms with van der Waals surface area (Å²) in [6.07, 6.45) is 5.23. The number of fused-ring (bicyclic) bond motifs is 3. The van der Waals surface area contributed by atoms with Crippen molar-refractivity contribution in [2.75, 3.05) is 19.8 Å². The molecule has 0 aromatic heterocycles. The Morgan fingerprint density at radius 1 is 0.735 bits per heavy atom. The van der Waals surface area contributed by atoms with Crippen LogP contribution in [0.15, 0.2) is 73.5 Å². The monoisotopic (exact) mass is 464 g/mol. The highest BCUT2D eigenvalue weighted by atomic mass is 19.3. The molecule has 0 fully saturated rings. The molecule has 0 saturated carbocycles. The molecule has 0 radical (unpaired) electrons. The van der Waals surface area contributed by atoms with Gasteiger partial charge < -0.3 is 14.2 Å². The van der Waals surface area contributed by atoms with E-state index in [-0.39, 0.29) is 11.1 Å². The van der Waals surface area contributed by atoms with Crippen LogP contribution in [0.3, 0.4) is 0 Å². The first-order chi connectivity index (χ1) is 16.5. The highest BCUT2D eigenvalue weighted by Gasteiger charge is 2.44. The van der Waals surface area contributed by atoms with Gasteiger partial charge in [0.15, 0.2) is 0 Å². The van der Waals surface area contributed by atoms with E-state index in [9.17, 15) is 0 Å². The van der Waals surface area contributed by atoms with Crippen LogP contribution in [0.25, 0.3) is 22.3 Å². The van der Waals surface area contributed by atoms with Crippen LogP contribution < -0.4 is 9.47 Å². The normalized spacial score (nSPS) is 13.1. The van der Waals surface area contributed by atoms with Crippen molar-refractivity contribution in [1.29, 1.82) is 0 Å². The Morgan fingerprint density at radius 3 is 2.09 bits per heavy atom. The first kappa shape index (κ1) is 23.8. The summed E-state index contributed by atoms with van der Waals surface area (Å²) in [6, 6.07) is 17.8. The minimum atomic E-state index is -3.07. The van der Waals surface area contributed by atoms with Gasteiger partial charge in [0.25, 0.3) is 5.92 Å². The van der Waals surface area contributed by atoms with Crippen molar-refractivity contribution in [1.82, 2.24) is 0 Å². The summed E-state index contributed by atoms with van der Waals surface area (Å²) in [5.41, 5.74) is 2.78. The Balaban J connectivity index is 1.49. The summed E-state index contributed by atoms with van der Waals surface area (Å²) in [5, 5.41) is 0. The first-order valence-corrected chi connectivity index (χ1v) is 11.8. The van der Waals surface area contributed by atoms with Gasteiger partial charge in [0.2, 0.25) is 0 Å². The Kier molecular flexibility index (Phi) is 7.51. The highest BCUT2D eigenvalue weighted by molar-refractivity contribution is 5.83. The van der Waals surface area contributed by atoms with Crippen molar-refractivity contribution in [3.63, 3.8) is 0 Å². The number of unbranched alkanes of at least 4 members (excludes halogenated alkanes) is 2. The standard InChI is InChI=1S/C29H30F2O3/c1-3-5-6-17-34-24-13-15-26-25-14-10-22(19-27(25)29(30,31)28(26)20-24)21-8-11-23(12-9-21)33-18-7-16-32-4-2/h4,8-15,19-20H,2-3,5-7,16-18H2,1H3. The van der Waals surface area contributed by atoms with Crippen LogP contribution in [0.2, 0.25) is 0 Å². The molecule has 3 aromatic carbocycles. The van der Waals surface area contributed by atoms with Crippen molar-refractivity contribution >= 4 is 0 Å². The molecular weight excluding hydrogens is 434 g/mol.